The number of halogens is 5. The molecule has 0 aromatic heterocycles. The second-order valence-electron chi connectivity index (χ2n) is 40.0. The van der Waals surface area contributed by atoms with Gasteiger partial charge in [0.15, 0.2) is 0 Å². The van der Waals surface area contributed by atoms with Crippen molar-refractivity contribution in [2.24, 2.45) is 0 Å². The molecule has 5 atom stereocenters. The Balaban J connectivity index is 0.000000266. The van der Waals surface area contributed by atoms with Gasteiger partial charge in [0.25, 0.3) is 0 Å². The fourth-order valence-corrected chi connectivity index (χ4v) is 21.4. The monoisotopic (exact) mass is 1990 g/mol. The molecule has 0 bridgehead atoms. The van der Waals surface area contributed by atoms with E-state index in [4.69, 9.17) is 0 Å². The number of allylic oxidation sites excluding steroid dienone is 10. The fraction of sp³-hybridized carbons (Fsp3) is 0.462. The van der Waals surface area contributed by atoms with E-state index in [9.17, 15) is 0 Å². The van der Waals surface area contributed by atoms with E-state index in [0.29, 0.717) is 29.6 Å². The maximum Gasteiger partial charge on any atom is 0.00403 e. The molecule has 0 heterocycles. The summed E-state index contributed by atoms with van der Waals surface area (Å²) in [5.41, 5.74) is 29.4. The lowest BCUT2D eigenvalue weighted by Crippen LogP contribution is -2.04. The maximum absolute atomic E-state index is 4.39. The van der Waals surface area contributed by atoms with Gasteiger partial charge in [0.1, 0.15) is 0 Å². The standard InChI is InChI=1S/5C26H34S.5FH/c5*1-2-3-4-5-6-7-8-21-9-11-22(12-10-21)23-13-15-24(16-14-23)25-17-19-26(27)20-18-25;;;;;/h5*9-12,15,17-20,23,27H,2-8,13-14,16H2,1H3;5*1H. The molecular weight excluding hydrogens is 1820 g/mol. The van der Waals surface area contributed by atoms with Crippen molar-refractivity contribution in [1.82, 2.24) is 0 Å². The van der Waals surface area contributed by atoms with Gasteiger partial charge in [-0.15, -0.1) is 63.1 Å². The molecule has 0 saturated heterocycles. The van der Waals surface area contributed by atoms with Crippen molar-refractivity contribution in [3.05, 3.63) is 356 Å². The molecule has 0 amide bonds. The Morgan fingerprint density at radius 2 is 0.307 bits per heavy atom. The molecule has 0 saturated carbocycles. The van der Waals surface area contributed by atoms with Crippen LogP contribution >= 0.6 is 63.1 Å². The smallest absolute Gasteiger partial charge is 0.00403 e. The first-order valence-electron chi connectivity index (χ1n) is 54.2. The van der Waals surface area contributed by atoms with Gasteiger partial charge in [0, 0.05) is 24.5 Å². The van der Waals surface area contributed by atoms with Gasteiger partial charge in [-0.1, -0.05) is 408 Å². The van der Waals surface area contributed by atoms with E-state index >= 15 is 0 Å². The van der Waals surface area contributed by atoms with Crippen LogP contribution in [0, 0.1) is 0 Å². The Hall–Kier alpha value is -7.70. The highest BCUT2D eigenvalue weighted by molar-refractivity contribution is 7.81. The van der Waals surface area contributed by atoms with Crippen LogP contribution < -0.4 is 0 Å². The topological polar surface area (TPSA) is 0 Å². The molecule has 0 fully saturated rings. The van der Waals surface area contributed by atoms with Crippen LogP contribution in [0.3, 0.4) is 0 Å². The summed E-state index contributed by atoms with van der Waals surface area (Å²) in [6.07, 6.45) is 77.7. The predicted octanol–water partition coefficient (Wildman–Crippen LogP) is 41.9. The third-order valence-corrected chi connectivity index (χ3v) is 31.1. The van der Waals surface area contributed by atoms with Crippen molar-refractivity contribution in [2.45, 2.75) is 410 Å². The Morgan fingerprint density at radius 1 is 0.171 bits per heavy atom. The SMILES string of the molecule is CCCCCCCCc1ccc(C2CC=C(c3ccc(S)cc3)CC2)cc1.CCCCCCCCc1ccc(C2CC=C(c3ccc(S)cc3)CC2)cc1.CCCCCCCCc1ccc(C2CC=C(c3ccc(S)cc3)CC2)cc1.CCCCCCCCc1ccc(C2CC=C(c3ccc(S)cc3)CC2)cc1.CCCCCCCCc1ccc(C2CC=C(c3ccc(S)cc3)CC2)cc1.F.F.F.F.F. The zero-order valence-electron chi connectivity index (χ0n) is 86.0. The number of hydrogen-bond acceptors (Lipinski definition) is 5. The zero-order valence-corrected chi connectivity index (χ0v) is 90.5. The summed E-state index contributed by atoms with van der Waals surface area (Å²) in [7, 11) is 0. The van der Waals surface area contributed by atoms with Gasteiger partial charge in [-0.05, 0) is 362 Å². The molecule has 140 heavy (non-hydrogen) atoms. The summed E-state index contributed by atoms with van der Waals surface area (Å²) < 4.78 is 0. The van der Waals surface area contributed by atoms with Gasteiger partial charge in [-0.2, -0.15) is 0 Å². The molecule has 0 N–H and O–H groups in total. The highest BCUT2D eigenvalue weighted by Gasteiger charge is 2.24. The van der Waals surface area contributed by atoms with Gasteiger partial charge >= 0.3 is 0 Å². The molecule has 5 unspecified atom stereocenters. The second-order valence-corrected chi connectivity index (χ2v) is 42.6. The molecule has 0 nitrogen and oxygen atoms in total. The lowest BCUT2D eigenvalue weighted by molar-refractivity contribution is 0.606. The van der Waals surface area contributed by atoms with Gasteiger partial charge in [0.2, 0.25) is 0 Å². The van der Waals surface area contributed by atoms with Crippen LogP contribution in [0.2, 0.25) is 0 Å². The first-order chi connectivity index (χ1) is 66.3. The Kier molecular flexibility index (Phi) is 61.3. The minimum Gasteiger partial charge on any atom is -0.269 e. The van der Waals surface area contributed by atoms with Crippen molar-refractivity contribution in [2.75, 3.05) is 0 Å². The summed E-state index contributed by atoms with van der Waals surface area (Å²) in [5.74, 6) is 3.41. The Morgan fingerprint density at radius 3 is 0.436 bits per heavy atom. The molecule has 5 aliphatic carbocycles. The van der Waals surface area contributed by atoms with Crippen LogP contribution in [0.15, 0.2) is 298 Å². The van der Waals surface area contributed by atoms with E-state index in [1.807, 2.05) is 0 Å². The first kappa shape index (κ1) is 121. The lowest BCUT2D eigenvalue weighted by atomic mass is 9.82. The molecule has 5 aliphatic rings. The summed E-state index contributed by atoms with van der Waals surface area (Å²) in [6.45, 7) is 11.4. The zero-order chi connectivity index (χ0) is 94.5. The van der Waals surface area contributed by atoms with Crippen molar-refractivity contribution in [3.8, 4) is 0 Å². The van der Waals surface area contributed by atoms with Crippen LogP contribution in [0.4, 0.5) is 23.5 Å². The number of rotatable bonds is 45. The minimum atomic E-state index is 0. The summed E-state index contributed by atoms with van der Waals surface area (Å²) >= 11 is 21.9. The molecular formula is C130H175F5S5. The number of hydrogen-bond donors (Lipinski definition) is 5. The van der Waals surface area contributed by atoms with Gasteiger partial charge in [0.05, 0.1) is 0 Å². The summed E-state index contributed by atoms with van der Waals surface area (Å²) in [4.78, 5) is 5.18. The Bertz CT molecular complexity index is 4320. The summed E-state index contributed by atoms with van der Waals surface area (Å²) in [6, 6.07) is 90.4. The molecule has 0 spiro atoms. The van der Waals surface area contributed by atoms with Crippen LogP contribution in [-0.2, 0) is 32.1 Å². The quantitative estimate of drug-likeness (QED) is 0.0140. The predicted molar refractivity (Wildman–Crippen MR) is 621 cm³/mol. The van der Waals surface area contributed by atoms with E-state index in [1.54, 1.807) is 0 Å². The molecule has 10 aromatic carbocycles. The second kappa shape index (κ2) is 70.9. The lowest BCUT2D eigenvalue weighted by Gasteiger charge is -2.23. The average molecular weight is 1990 g/mol. The van der Waals surface area contributed by atoms with Crippen LogP contribution in [-0.4, -0.2) is 0 Å². The van der Waals surface area contributed by atoms with E-state index in [2.05, 4.69) is 371 Å². The molecule has 10 aromatic rings. The van der Waals surface area contributed by atoms with Crippen molar-refractivity contribution < 1.29 is 23.5 Å². The van der Waals surface area contributed by atoms with E-state index in [1.165, 1.54) is 400 Å². The van der Waals surface area contributed by atoms with Crippen LogP contribution in [0.25, 0.3) is 27.9 Å². The Labute approximate surface area is 873 Å². The molecule has 0 aliphatic heterocycles. The third-order valence-electron chi connectivity index (χ3n) is 29.6. The normalized spacial score (nSPS) is 16.4. The number of aryl methyl sites for hydroxylation is 5. The van der Waals surface area contributed by atoms with Gasteiger partial charge < -0.3 is 0 Å². The molecule has 760 valence electrons. The third kappa shape index (κ3) is 44.1. The van der Waals surface area contributed by atoms with Gasteiger partial charge in [-0.3, -0.25) is 23.5 Å². The van der Waals surface area contributed by atoms with Gasteiger partial charge in [-0.25, -0.2) is 0 Å². The molecule has 0 radical (unpaired) electrons. The number of thiol groups is 5. The molecule has 10 heteroatoms. The highest BCUT2D eigenvalue weighted by atomic mass is 32.1. The number of unbranched alkanes of at least 4 members (excludes halogenated alkanes) is 25. The summed E-state index contributed by atoms with van der Waals surface area (Å²) in [5, 5.41) is 0. The van der Waals surface area contributed by atoms with Crippen LogP contribution in [0.1, 0.15) is 437 Å². The van der Waals surface area contributed by atoms with Crippen molar-refractivity contribution in [3.63, 3.8) is 0 Å². The minimum absolute atomic E-state index is 0. The highest BCUT2D eigenvalue weighted by Crippen LogP contribution is 2.43. The van der Waals surface area contributed by atoms with E-state index < -0.39 is 0 Å². The average Bonchev–Trinajstić information content (AvgIpc) is 0.849. The number of benzene rings is 10. The largest absolute Gasteiger partial charge is 0.269 e. The van der Waals surface area contributed by atoms with Crippen LogP contribution in [0.5, 0.6) is 0 Å². The first-order valence-corrected chi connectivity index (χ1v) is 56.4. The van der Waals surface area contributed by atoms with E-state index in [0.717, 1.165) is 56.6 Å². The molecule has 15 rings (SSSR count). The van der Waals surface area contributed by atoms with Crippen molar-refractivity contribution >= 4 is 91.0 Å². The van der Waals surface area contributed by atoms with Crippen molar-refractivity contribution in [1.29, 1.82) is 0 Å². The van der Waals surface area contributed by atoms with E-state index in [-0.39, 0.29) is 23.5 Å². The maximum atomic E-state index is 4.39. The fourth-order valence-electron chi connectivity index (χ4n) is 20.7.